The van der Waals surface area contributed by atoms with E-state index in [2.05, 4.69) is 22.0 Å². The van der Waals surface area contributed by atoms with Gasteiger partial charge in [0.25, 0.3) is 0 Å². The fraction of sp³-hybridized carbons (Fsp3) is 1.00. The largest absolute Gasteiger partial charge is 0.381 e. The third-order valence-electron chi connectivity index (χ3n) is 5.36. The Labute approximate surface area is 130 Å². The molecular formula is C17H33N3O. The standard InChI is InChI=1S/C17H33N3O/c1-2-7-18-13-17(6-3-12-21-15-17)14-19-8-10-20(11-9-19)16-4-5-16/h16,18H,2-15H2,1H3. The summed E-state index contributed by atoms with van der Waals surface area (Å²) in [6, 6.07) is 0.936. The van der Waals surface area contributed by atoms with Crippen LogP contribution in [0.5, 0.6) is 0 Å². The van der Waals surface area contributed by atoms with Gasteiger partial charge >= 0.3 is 0 Å². The normalized spacial score (nSPS) is 32.4. The summed E-state index contributed by atoms with van der Waals surface area (Å²) in [5, 5.41) is 3.66. The van der Waals surface area contributed by atoms with Gasteiger partial charge in [0.2, 0.25) is 0 Å². The lowest BCUT2D eigenvalue weighted by molar-refractivity contribution is -0.0331. The Kier molecular flexibility index (Phi) is 5.54. The molecule has 0 aromatic rings. The molecule has 2 saturated heterocycles. The zero-order valence-corrected chi connectivity index (χ0v) is 13.8. The lowest BCUT2D eigenvalue weighted by Crippen LogP contribution is -2.54. The summed E-state index contributed by atoms with van der Waals surface area (Å²) in [6.07, 6.45) is 6.66. The SMILES string of the molecule is CCCNCC1(CN2CCN(C3CC3)CC2)CCCOC1. The summed E-state index contributed by atoms with van der Waals surface area (Å²) in [6.45, 7) is 12.7. The Balaban J connectivity index is 1.48. The van der Waals surface area contributed by atoms with Gasteiger partial charge in [-0.2, -0.15) is 0 Å². The van der Waals surface area contributed by atoms with Gasteiger partial charge < -0.3 is 15.0 Å². The quantitative estimate of drug-likeness (QED) is 0.722. The molecule has 3 fully saturated rings. The fourth-order valence-electron chi connectivity index (χ4n) is 3.96. The summed E-state index contributed by atoms with van der Waals surface area (Å²) < 4.78 is 5.85. The smallest absolute Gasteiger partial charge is 0.0546 e. The zero-order valence-electron chi connectivity index (χ0n) is 13.8. The number of rotatable bonds is 7. The van der Waals surface area contributed by atoms with Crippen molar-refractivity contribution in [3.05, 3.63) is 0 Å². The number of hydrogen-bond acceptors (Lipinski definition) is 4. The highest BCUT2D eigenvalue weighted by Crippen LogP contribution is 2.31. The van der Waals surface area contributed by atoms with Crippen LogP contribution in [-0.4, -0.2) is 74.9 Å². The van der Waals surface area contributed by atoms with Crippen molar-refractivity contribution in [2.24, 2.45) is 5.41 Å². The van der Waals surface area contributed by atoms with Crippen LogP contribution in [0, 0.1) is 5.41 Å². The molecule has 3 rings (SSSR count). The van der Waals surface area contributed by atoms with Gasteiger partial charge in [-0.15, -0.1) is 0 Å². The third kappa shape index (κ3) is 4.41. The number of nitrogens with zero attached hydrogens (tertiary/aromatic N) is 2. The van der Waals surface area contributed by atoms with Crippen molar-refractivity contribution in [2.75, 3.05) is 59.0 Å². The van der Waals surface area contributed by atoms with Crippen LogP contribution in [0.3, 0.4) is 0 Å². The van der Waals surface area contributed by atoms with Crippen molar-refractivity contribution < 1.29 is 4.74 Å². The van der Waals surface area contributed by atoms with Crippen molar-refractivity contribution in [2.45, 2.75) is 45.1 Å². The average Bonchev–Trinajstić information content (AvgIpc) is 3.34. The minimum atomic E-state index is 0.356. The molecule has 21 heavy (non-hydrogen) atoms. The summed E-state index contributed by atoms with van der Waals surface area (Å²) >= 11 is 0. The Bertz CT molecular complexity index is 305. The minimum Gasteiger partial charge on any atom is -0.381 e. The topological polar surface area (TPSA) is 27.7 Å². The van der Waals surface area contributed by atoms with Crippen LogP contribution in [0.2, 0.25) is 0 Å². The van der Waals surface area contributed by atoms with Crippen molar-refractivity contribution in [1.29, 1.82) is 0 Å². The third-order valence-corrected chi connectivity index (χ3v) is 5.36. The molecule has 0 spiro atoms. The maximum atomic E-state index is 5.85. The molecule has 2 aliphatic heterocycles. The highest BCUT2D eigenvalue weighted by Gasteiger charge is 2.37. The molecule has 122 valence electrons. The van der Waals surface area contributed by atoms with E-state index in [1.165, 1.54) is 64.8 Å². The van der Waals surface area contributed by atoms with Gasteiger partial charge in [0.1, 0.15) is 0 Å². The first kappa shape index (κ1) is 15.7. The van der Waals surface area contributed by atoms with Crippen LogP contribution >= 0.6 is 0 Å². The molecule has 0 amide bonds. The van der Waals surface area contributed by atoms with Crippen LogP contribution in [0.25, 0.3) is 0 Å². The second-order valence-corrected chi connectivity index (χ2v) is 7.38. The van der Waals surface area contributed by atoms with E-state index >= 15 is 0 Å². The maximum Gasteiger partial charge on any atom is 0.0546 e. The molecule has 4 heteroatoms. The molecule has 1 N–H and O–H groups in total. The first-order valence-electron chi connectivity index (χ1n) is 9.06. The molecule has 4 nitrogen and oxygen atoms in total. The van der Waals surface area contributed by atoms with Gasteiger partial charge in [0, 0.05) is 57.3 Å². The van der Waals surface area contributed by atoms with Crippen molar-refractivity contribution in [3.8, 4) is 0 Å². The van der Waals surface area contributed by atoms with E-state index in [-0.39, 0.29) is 0 Å². The second kappa shape index (κ2) is 7.40. The highest BCUT2D eigenvalue weighted by molar-refractivity contribution is 4.91. The van der Waals surface area contributed by atoms with Crippen LogP contribution in [0.1, 0.15) is 39.0 Å². The molecule has 0 bridgehead atoms. The minimum absolute atomic E-state index is 0.356. The van der Waals surface area contributed by atoms with Gasteiger partial charge in [0.15, 0.2) is 0 Å². The van der Waals surface area contributed by atoms with E-state index in [1.54, 1.807) is 0 Å². The first-order valence-corrected chi connectivity index (χ1v) is 9.06. The van der Waals surface area contributed by atoms with Gasteiger partial charge in [-0.1, -0.05) is 6.92 Å². The van der Waals surface area contributed by atoms with E-state index in [1.807, 2.05) is 0 Å². The molecule has 0 radical (unpaired) electrons. The van der Waals surface area contributed by atoms with Crippen LogP contribution < -0.4 is 5.32 Å². The van der Waals surface area contributed by atoms with E-state index in [4.69, 9.17) is 4.74 Å². The molecule has 2 heterocycles. The molecular weight excluding hydrogens is 262 g/mol. The summed E-state index contributed by atoms with van der Waals surface area (Å²) in [4.78, 5) is 5.40. The van der Waals surface area contributed by atoms with Crippen molar-refractivity contribution in [3.63, 3.8) is 0 Å². The van der Waals surface area contributed by atoms with Gasteiger partial charge in [-0.3, -0.25) is 4.90 Å². The lowest BCUT2D eigenvalue weighted by atomic mass is 9.81. The average molecular weight is 295 g/mol. The summed E-state index contributed by atoms with van der Waals surface area (Å²) in [5.74, 6) is 0. The lowest BCUT2D eigenvalue weighted by Gasteiger charge is -2.44. The predicted octanol–water partition coefficient (Wildman–Crippen LogP) is 1.56. The molecule has 0 aromatic heterocycles. The Morgan fingerprint density at radius 1 is 1.19 bits per heavy atom. The van der Waals surface area contributed by atoms with E-state index in [9.17, 15) is 0 Å². The molecule has 1 atom stereocenters. The maximum absolute atomic E-state index is 5.85. The molecule has 1 unspecified atom stereocenters. The predicted molar refractivity (Wildman–Crippen MR) is 86.7 cm³/mol. The Morgan fingerprint density at radius 2 is 2.00 bits per heavy atom. The van der Waals surface area contributed by atoms with Crippen molar-refractivity contribution in [1.82, 2.24) is 15.1 Å². The molecule has 3 aliphatic rings. The van der Waals surface area contributed by atoms with Crippen LogP contribution in [0.15, 0.2) is 0 Å². The Morgan fingerprint density at radius 3 is 2.62 bits per heavy atom. The summed E-state index contributed by atoms with van der Waals surface area (Å²) in [7, 11) is 0. The second-order valence-electron chi connectivity index (χ2n) is 7.38. The number of nitrogens with one attached hydrogen (secondary N) is 1. The summed E-state index contributed by atoms with van der Waals surface area (Å²) in [5.41, 5.74) is 0.356. The van der Waals surface area contributed by atoms with Gasteiger partial charge in [-0.25, -0.2) is 0 Å². The monoisotopic (exact) mass is 295 g/mol. The van der Waals surface area contributed by atoms with Gasteiger partial charge in [0.05, 0.1) is 6.61 Å². The number of ether oxygens (including phenoxy) is 1. The van der Waals surface area contributed by atoms with Crippen LogP contribution in [-0.2, 0) is 4.74 Å². The molecule has 1 aliphatic carbocycles. The van der Waals surface area contributed by atoms with E-state index in [0.717, 1.165) is 32.3 Å². The first-order chi connectivity index (χ1) is 10.3. The number of hydrogen-bond donors (Lipinski definition) is 1. The zero-order chi connectivity index (χ0) is 14.5. The van der Waals surface area contributed by atoms with E-state index < -0.39 is 0 Å². The van der Waals surface area contributed by atoms with Crippen LogP contribution in [0.4, 0.5) is 0 Å². The van der Waals surface area contributed by atoms with E-state index in [0.29, 0.717) is 5.41 Å². The molecule has 0 aromatic carbocycles. The van der Waals surface area contributed by atoms with Gasteiger partial charge in [-0.05, 0) is 38.6 Å². The Hall–Kier alpha value is -0.160. The number of piperazine rings is 1. The molecule has 1 saturated carbocycles. The van der Waals surface area contributed by atoms with Crippen molar-refractivity contribution >= 4 is 0 Å². The fourth-order valence-corrected chi connectivity index (χ4v) is 3.96. The highest BCUT2D eigenvalue weighted by atomic mass is 16.5.